The quantitative estimate of drug-likeness (QED) is 0.173. The third-order valence-electron chi connectivity index (χ3n) is 6.03. The Kier molecular flexibility index (Phi) is 7.26. The SMILES string of the molecule is CCOC(=O)C1=C(C)N=c2s/c(=C\c3ccc(-c4cc([N+](=O)[O-])ccc4Cl)o3)c(=O)n2C1c1ccc(Cl)cc1. The maximum absolute atomic E-state index is 13.7. The molecule has 0 N–H and O–H groups in total. The van der Waals surface area contributed by atoms with Crippen molar-refractivity contribution in [1.82, 2.24) is 4.57 Å². The van der Waals surface area contributed by atoms with Crippen LogP contribution in [0.3, 0.4) is 0 Å². The van der Waals surface area contributed by atoms with Crippen LogP contribution in [0.1, 0.15) is 31.2 Å². The monoisotopic (exact) mass is 583 g/mol. The molecule has 4 aromatic rings. The molecule has 0 radical (unpaired) electrons. The second kappa shape index (κ2) is 10.6. The molecule has 0 aliphatic carbocycles. The Morgan fingerprint density at radius 2 is 1.95 bits per heavy atom. The van der Waals surface area contributed by atoms with E-state index >= 15 is 0 Å². The molecule has 1 aliphatic heterocycles. The van der Waals surface area contributed by atoms with E-state index in [1.54, 1.807) is 56.3 Å². The second-order valence-electron chi connectivity index (χ2n) is 8.48. The molecule has 3 heterocycles. The molecule has 1 atom stereocenters. The van der Waals surface area contributed by atoms with Crippen LogP contribution in [0.5, 0.6) is 0 Å². The summed E-state index contributed by atoms with van der Waals surface area (Å²) in [5.74, 6) is 0.0851. The van der Waals surface area contributed by atoms with E-state index in [1.807, 2.05) is 0 Å². The van der Waals surface area contributed by atoms with E-state index in [2.05, 4.69) is 4.99 Å². The molecule has 9 nitrogen and oxygen atoms in total. The van der Waals surface area contributed by atoms with Gasteiger partial charge in [-0.25, -0.2) is 9.79 Å². The number of thiazole rings is 1. The molecule has 0 bridgehead atoms. The van der Waals surface area contributed by atoms with Crippen LogP contribution in [0.25, 0.3) is 17.4 Å². The van der Waals surface area contributed by atoms with E-state index in [0.717, 1.165) is 11.3 Å². The fourth-order valence-electron chi connectivity index (χ4n) is 4.27. The summed E-state index contributed by atoms with van der Waals surface area (Å²) in [5.41, 5.74) is 1.23. The lowest BCUT2D eigenvalue weighted by Gasteiger charge is -2.24. The van der Waals surface area contributed by atoms with Crippen molar-refractivity contribution in [1.29, 1.82) is 0 Å². The highest BCUT2D eigenvalue weighted by molar-refractivity contribution is 7.07. The molecule has 2 aromatic heterocycles. The van der Waals surface area contributed by atoms with Gasteiger partial charge in [-0.15, -0.1) is 0 Å². The highest BCUT2D eigenvalue weighted by Crippen LogP contribution is 2.33. The predicted molar refractivity (Wildman–Crippen MR) is 148 cm³/mol. The van der Waals surface area contributed by atoms with Crippen LogP contribution in [-0.4, -0.2) is 22.1 Å². The number of halogens is 2. The smallest absolute Gasteiger partial charge is 0.338 e. The largest absolute Gasteiger partial charge is 0.463 e. The van der Waals surface area contributed by atoms with Crippen molar-refractivity contribution in [3.05, 3.63) is 117 Å². The van der Waals surface area contributed by atoms with Gasteiger partial charge in [0.25, 0.3) is 11.2 Å². The number of rotatable bonds is 6. The molecule has 1 unspecified atom stereocenters. The Hall–Kier alpha value is -3.99. The number of esters is 1. The normalized spacial score (nSPS) is 15.2. The number of ether oxygens (including phenoxy) is 1. The van der Waals surface area contributed by atoms with Crippen LogP contribution in [-0.2, 0) is 9.53 Å². The first kappa shape index (κ1) is 26.6. The number of allylic oxidation sites excluding steroid dienone is 1. The molecule has 5 rings (SSSR count). The zero-order chi connectivity index (χ0) is 27.8. The summed E-state index contributed by atoms with van der Waals surface area (Å²) in [4.78, 5) is 42.3. The summed E-state index contributed by atoms with van der Waals surface area (Å²) in [6.07, 6.45) is 1.56. The molecule has 0 spiro atoms. The molecule has 0 saturated heterocycles. The Balaban J connectivity index is 1.62. The second-order valence-corrected chi connectivity index (χ2v) is 10.3. The van der Waals surface area contributed by atoms with Gasteiger partial charge in [0.2, 0.25) is 0 Å². The third kappa shape index (κ3) is 5.06. The zero-order valence-electron chi connectivity index (χ0n) is 20.5. The summed E-state index contributed by atoms with van der Waals surface area (Å²) in [7, 11) is 0. The minimum Gasteiger partial charge on any atom is -0.463 e. The molecule has 2 aromatic carbocycles. The number of benzene rings is 2. The third-order valence-corrected chi connectivity index (χ3v) is 7.59. The summed E-state index contributed by atoms with van der Waals surface area (Å²) in [6.45, 7) is 3.58. The van der Waals surface area contributed by atoms with Crippen molar-refractivity contribution in [2.75, 3.05) is 6.61 Å². The van der Waals surface area contributed by atoms with Crippen molar-refractivity contribution in [3.63, 3.8) is 0 Å². The van der Waals surface area contributed by atoms with E-state index in [0.29, 0.717) is 42.7 Å². The fraction of sp³-hybridized carbons (Fsp3) is 0.148. The minimum absolute atomic E-state index is 0.129. The van der Waals surface area contributed by atoms with Gasteiger partial charge in [-0.1, -0.05) is 46.7 Å². The van der Waals surface area contributed by atoms with Crippen molar-refractivity contribution in [2.24, 2.45) is 4.99 Å². The molecular weight excluding hydrogens is 565 g/mol. The number of carbonyl (C=O) groups excluding carboxylic acids is 1. The van der Waals surface area contributed by atoms with Crippen LogP contribution < -0.4 is 14.9 Å². The van der Waals surface area contributed by atoms with Gasteiger partial charge in [-0.05, 0) is 49.7 Å². The first-order chi connectivity index (χ1) is 18.7. The summed E-state index contributed by atoms with van der Waals surface area (Å²) < 4.78 is 12.9. The average Bonchev–Trinajstić information content (AvgIpc) is 3.48. The fourth-order valence-corrected chi connectivity index (χ4v) is 5.64. The van der Waals surface area contributed by atoms with Gasteiger partial charge in [0.1, 0.15) is 11.5 Å². The van der Waals surface area contributed by atoms with Gasteiger partial charge in [-0.2, -0.15) is 0 Å². The standard InChI is InChI=1S/C27H19Cl2N3O6S/c1-3-37-26(34)23-14(2)30-27-31(24(23)15-4-6-16(28)7-5-15)25(33)22(39-27)13-18-9-11-21(38-18)19-12-17(32(35)36)8-10-20(19)29/h4-13,24H,3H2,1-2H3/b22-13-. The zero-order valence-corrected chi connectivity index (χ0v) is 22.8. The highest BCUT2D eigenvalue weighted by atomic mass is 35.5. The predicted octanol–water partition coefficient (Wildman–Crippen LogP) is 5.27. The lowest BCUT2D eigenvalue weighted by atomic mass is 9.96. The van der Waals surface area contributed by atoms with Crippen LogP contribution in [0, 0.1) is 10.1 Å². The molecule has 39 heavy (non-hydrogen) atoms. The van der Waals surface area contributed by atoms with Crippen molar-refractivity contribution < 1.29 is 18.9 Å². The van der Waals surface area contributed by atoms with Gasteiger partial charge in [0, 0.05) is 28.8 Å². The van der Waals surface area contributed by atoms with Crippen LogP contribution in [0.15, 0.2) is 80.1 Å². The van der Waals surface area contributed by atoms with Gasteiger partial charge < -0.3 is 9.15 Å². The maximum atomic E-state index is 13.7. The lowest BCUT2D eigenvalue weighted by Crippen LogP contribution is -2.39. The summed E-state index contributed by atoms with van der Waals surface area (Å²) in [6, 6.07) is 13.4. The van der Waals surface area contributed by atoms with Gasteiger partial charge in [0.05, 0.1) is 38.4 Å². The number of furan rings is 1. The van der Waals surface area contributed by atoms with E-state index < -0.39 is 16.9 Å². The minimum atomic E-state index is -0.768. The van der Waals surface area contributed by atoms with Crippen LogP contribution >= 0.6 is 34.5 Å². The molecule has 1 aliphatic rings. The molecule has 12 heteroatoms. The van der Waals surface area contributed by atoms with Crippen LogP contribution in [0.4, 0.5) is 5.69 Å². The number of nitro groups is 1. The Bertz CT molecular complexity index is 1840. The van der Waals surface area contributed by atoms with Crippen LogP contribution in [0.2, 0.25) is 10.0 Å². The Morgan fingerprint density at radius 1 is 1.21 bits per heavy atom. The van der Waals surface area contributed by atoms with E-state index in [1.165, 1.54) is 22.8 Å². The number of hydrogen-bond donors (Lipinski definition) is 0. The molecule has 198 valence electrons. The Morgan fingerprint density at radius 3 is 2.64 bits per heavy atom. The number of carbonyl (C=O) groups is 1. The van der Waals surface area contributed by atoms with Crippen molar-refractivity contribution in [2.45, 2.75) is 19.9 Å². The number of nitrogens with zero attached hydrogens (tertiary/aromatic N) is 3. The van der Waals surface area contributed by atoms with Gasteiger partial charge >= 0.3 is 5.97 Å². The molecule has 0 amide bonds. The lowest BCUT2D eigenvalue weighted by molar-refractivity contribution is -0.384. The van der Waals surface area contributed by atoms with Gasteiger partial charge in [0.15, 0.2) is 4.80 Å². The van der Waals surface area contributed by atoms with Crippen molar-refractivity contribution >= 4 is 52.3 Å². The first-order valence-electron chi connectivity index (χ1n) is 11.7. The number of non-ortho nitro benzene ring substituents is 1. The Labute approximate surface area is 235 Å². The number of aromatic nitrogens is 1. The number of fused-ring (bicyclic) bond motifs is 1. The number of nitro benzene ring substituents is 1. The van der Waals surface area contributed by atoms with Gasteiger partial charge in [-0.3, -0.25) is 19.5 Å². The summed E-state index contributed by atoms with van der Waals surface area (Å²) >= 11 is 13.5. The van der Waals surface area contributed by atoms with Crippen molar-refractivity contribution in [3.8, 4) is 11.3 Å². The molecule has 0 fully saturated rings. The maximum Gasteiger partial charge on any atom is 0.338 e. The van der Waals surface area contributed by atoms with E-state index in [9.17, 15) is 19.7 Å². The highest BCUT2D eigenvalue weighted by Gasteiger charge is 2.33. The first-order valence-corrected chi connectivity index (χ1v) is 13.2. The van der Waals surface area contributed by atoms with E-state index in [-0.39, 0.29) is 28.4 Å². The van der Waals surface area contributed by atoms with E-state index in [4.69, 9.17) is 32.4 Å². The summed E-state index contributed by atoms with van der Waals surface area (Å²) in [5, 5.41) is 12.0. The number of hydrogen-bond acceptors (Lipinski definition) is 8. The molecular formula is C27H19Cl2N3O6S. The molecule has 0 saturated carbocycles. The average molecular weight is 584 g/mol. The topological polar surface area (TPSA) is 117 Å².